The number of benzene rings is 1. The minimum atomic E-state index is -5.04. The molecule has 178 valence electrons. The fraction of sp³-hybridized carbons (Fsp3) is 0.333. The summed E-state index contributed by atoms with van der Waals surface area (Å²) in [6.45, 7) is 1.45. The van der Waals surface area contributed by atoms with Crippen LogP contribution in [0.2, 0.25) is 0 Å². The third-order valence-electron chi connectivity index (χ3n) is 5.91. The summed E-state index contributed by atoms with van der Waals surface area (Å²) >= 11 is 0. The average Bonchev–Trinajstić information content (AvgIpc) is 3.15. The number of aromatic nitrogens is 5. The lowest BCUT2D eigenvalue weighted by atomic mass is 9.90. The number of alkyl halides is 4. The predicted octanol–water partition coefficient (Wildman–Crippen LogP) is 3.79. The Morgan fingerprint density at radius 2 is 2.09 bits per heavy atom. The molecule has 1 fully saturated rings. The Morgan fingerprint density at radius 3 is 2.74 bits per heavy atom. The van der Waals surface area contributed by atoms with E-state index in [0.29, 0.717) is 0 Å². The number of fused-ring (bicyclic) bond motifs is 2. The summed E-state index contributed by atoms with van der Waals surface area (Å²) in [6.07, 6.45) is -1.11. The van der Waals surface area contributed by atoms with E-state index in [1.807, 2.05) is 0 Å². The first-order valence-electron chi connectivity index (χ1n) is 10.4. The number of carbonyl (C=O) groups excluding carboxylic acids is 1. The number of rotatable bonds is 5. The molecule has 1 aliphatic rings. The number of nitrogens with zero attached hydrogens (tertiary/aromatic N) is 4. The first-order chi connectivity index (χ1) is 16.1. The van der Waals surface area contributed by atoms with Crippen LogP contribution >= 0.6 is 0 Å². The van der Waals surface area contributed by atoms with E-state index in [4.69, 9.17) is 5.73 Å². The second-order valence-corrected chi connectivity index (χ2v) is 8.28. The molecule has 3 heterocycles. The van der Waals surface area contributed by atoms with Gasteiger partial charge in [-0.05, 0) is 18.9 Å². The van der Waals surface area contributed by atoms with E-state index in [2.05, 4.69) is 25.5 Å². The van der Waals surface area contributed by atoms with Crippen molar-refractivity contribution in [1.29, 1.82) is 0 Å². The number of H-pyrrole nitrogens is 1. The third-order valence-corrected chi connectivity index (χ3v) is 5.91. The summed E-state index contributed by atoms with van der Waals surface area (Å²) in [4.78, 5) is 20.2. The molecule has 1 aromatic carbocycles. The van der Waals surface area contributed by atoms with Crippen molar-refractivity contribution in [3.8, 4) is 11.3 Å². The Morgan fingerprint density at radius 1 is 1.35 bits per heavy atom. The predicted molar refractivity (Wildman–Crippen MR) is 112 cm³/mol. The van der Waals surface area contributed by atoms with Crippen LogP contribution in [0.1, 0.15) is 30.4 Å². The van der Waals surface area contributed by atoms with Gasteiger partial charge in [0.1, 0.15) is 17.6 Å². The van der Waals surface area contributed by atoms with Crippen LogP contribution in [-0.2, 0) is 11.0 Å². The van der Waals surface area contributed by atoms with Gasteiger partial charge in [0.05, 0.1) is 35.7 Å². The van der Waals surface area contributed by atoms with Crippen molar-refractivity contribution in [3.63, 3.8) is 0 Å². The maximum Gasteiger partial charge on any atom is 0.419 e. The fourth-order valence-corrected chi connectivity index (χ4v) is 4.03. The number of imidazole rings is 1. The quantitative estimate of drug-likeness (QED) is 0.377. The van der Waals surface area contributed by atoms with Crippen LogP contribution in [0.4, 0.5) is 27.8 Å². The highest BCUT2D eigenvalue weighted by Gasteiger charge is 2.44. The molecule has 3 atom stereocenters. The highest BCUT2D eigenvalue weighted by Crippen LogP contribution is 2.45. The summed E-state index contributed by atoms with van der Waals surface area (Å²) in [5.41, 5.74) is 3.59. The van der Waals surface area contributed by atoms with Gasteiger partial charge >= 0.3 is 6.18 Å². The van der Waals surface area contributed by atoms with Gasteiger partial charge in [0.2, 0.25) is 5.91 Å². The lowest BCUT2D eigenvalue weighted by molar-refractivity contribution is -0.139. The number of nitrogens with two attached hydrogens (primary N) is 1. The molecule has 4 N–H and O–H groups in total. The molecule has 0 saturated heterocycles. The largest absolute Gasteiger partial charge is 0.419 e. The van der Waals surface area contributed by atoms with Gasteiger partial charge in [-0.15, -0.1) is 0 Å². The van der Waals surface area contributed by atoms with E-state index in [0.717, 1.165) is 0 Å². The molecule has 0 spiro atoms. The summed E-state index contributed by atoms with van der Waals surface area (Å²) in [6, 6.07) is 0. The summed E-state index contributed by atoms with van der Waals surface area (Å²) in [5.74, 6) is -3.33. The molecule has 3 aromatic heterocycles. The lowest BCUT2D eigenvalue weighted by Crippen LogP contribution is -2.17. The van der Waals surface area contributed by atoms with Crippen molar-refractivity contribution < 1.29 is 26.7 Å². The van der Waals surface area contributed by atoms with E-state index in [1.165, 1.54) is 36.1 Å². The Kier molecular flexibility index (Phi) is 5.04. The van der Waals surface area contributed by atoms with Crippen molar-refractivity contribution in [2.75, 3.05) is 11.9 Å². The number of carbonyl (C=O) groups is 1. The number of halogens is 5. The maximum atomic E-state index is 15.4. The second kappa shape index (κ2) is 7.72. The van der Waals surface area contributed by atoms with Crippen LogP contribution in [0.3, 0.4) is 0 Å². The van der Waals surface area contributed by atoms with Gasteiger partial charge in [-0.3, -0.25) is 14.9 Å². The number of anilines is 1. The van der Waals surface area contributed by atoms with Gasteiger partial charge in [0.15, 0.2) is 11.5 Å². The van der Waals surface area contributed by atoms with E-state index in [-0.39, 0.29) is 46.6 Å². The Labute approximate surface area is 188 Å². The Balaban J connectivity index is 1.67. The fourth-order valence-electron chi connectivity index (χ4n) is 4.03. The summed E-state index contributed by atoms with van der Waals surface area (Å²) in [5, 5.41) is 8.92. The number of hydrogen-bond acceptors (Lipinski definition) is 5. The van der Waals surface area contributed by atoms with E-state index < -0.39 is 47.0 Å². The SMILES string of the molecule is CC(CN)c1c(F)c(C(F)(F)F)c(-c2cn3cc(NC(=O)[C@@H]4C[C@@H]4F)nc3cn2)c2cn[nH]c12. The Hall–Kier alpha value is -3.61. The molecule has 34 heavy (non-hydrogen) atoms. The van der Waals surface area contributed by atoms with Crippen LogP contribution in [0.25, 0.3) is 27.8 Å². The third kappa shape index (κ3) is 3.56. The van der Waals surface area contributed by atoms with Gasteiger partial charge in [0.25, 0.3) is 0 Å². The Bertz CT molecular complexity index is 1430. The molecule has 0 radical (unpaired) electrons. The monoisotopic (exact) mass is 479 g/mol. The summed E-state index contributed by atoms with van der Waals surface area (Å²) < 4.78 is 72.2. The van der Waals surface area contributed by atoms with E-state index in [9.17, 15) is 22.4 Å². The number of hydrogen-bond donors (Lipinski definition) is 3. The molecule has 0 aliphatic heterocycles. The minimum absolute atomic E-state index is 0.0345. The van der Waals surface area contributed by atoms with Crippen LogP contribution < -0.4 is 11.1 Å². The van der Waals surface area contributed by atoms with Crippen molar-refractivity contribution in [3.05, 3.63) is 41.7 Å². The smallest absolute Gasteiger partial charge is 0.330 e. The molecule has 13 heteroatoms. The molecule has 1 amide bonds. The average molecular weight is 479 g/mol. The molecule has 1 unspecified atom stereocenters. The molecule has 4 aromatic rings. The molecule has 0 bridgehead atoms. The topological polar surface area (TPSA) is 114 Å². The molecular weight excluding hydrogens is 461 g/mol. The number of aromatic amines is 1. The zero-order valence-corrected chi connectivity index (χ0v) is 17.6. The molecule has 5 rings (SSSR count). The van der Waals surface area contributed by atoms with Crippen molar-refractivity contribution >= 4 is 28.3 Å². The van der Waals surface area contributed by atoms with Gasteiger partial charge in [-0.25, -0.2) is 13.8 Å². The van der Waals surface area contributed by atoms with Crippen LogP contribution in [0.15, 0.2) is 24.8 Å². The van der Waals surface area contributed by atoms with Crippen LogP contribution in [0, 0.1) is 11.7 Å². The molecule has 1 aliphatic carbocycles. The van der Waals surface area contributed by atoms with Gasteiger partial charge < -0.3 is 15.5 Å². The summed E-state index contributed by atoms with van der Waals surface area (Å²) in [7, 11) is 0. The minimum Gasteiger partial charge on any atom is -0.330 e. The van der Waals surface area contributed by atoms with Gasteiger partial charge in [-0.1, -0.05) is 6.92 Å². The normalized spacial score (nSPS) is 19.0. The molecule has 1 saturated carbocycles. The number of nitrogens with one attached hydrogen (secondary N) is 2. The van der Waals surface area contributed by atoms with Crippen LogP contribution in [-0.4, -0.2) is 43.2 Å². The van der Waals surface area contributed by atoms with Crippen molar-refractivity contribution in [1.82, 2.24) is 24.6 Å². The number of amides is 1. The van der Waals surface area contributed by atoms with E-state index >= 15 is 4.39 Å². The lowest BCUT2D eigenvalue weighted by Gasteiger charge is -2.20. The molecule has 8 nitrogen and oxygen atoms in total. The van der Waals surface area contributed by atoms with Crippen LogP contribution in [0.5, 0.6) is 0 Å². The van der Waals surface area contributed by atoms with Crippen molar-refractivity contribution in [2.45, 2.75) is 31.6 Å². The second-order valence-electron chi connectivity index (χ2n) is 8.28. The van der Waals surface area contributed by atoms with Crippen molar-refractivity contribution in [2.24, 2.45) is 11.7 Å². The zero-order valence-electron chi connectivity index (χ0n) is 17.6. The van der Waals surface area contributed by atoms with E-state index in [1.54, 1.807) is 0 Å². The zero-order chi connectivity index (χ0) is 24.4. The first kappa shape index (κ1) is 22.2. The highest BCUT2D eigenvalue weighted by atomic mass is 19.4. The molecular formula is C21H18F5N7O. The highest BCUT2D eigenvalue weighted by molar-refractivity contribution is 5.98. The van der Waals surface area contributed by atoms with Gasteiger partial charge in [-0.2, -0.15) is 18.3 Å². The first-order valence-corrected chi connectivity index (χ1v) is 10.4. The van der Waals surface area contributed by atoms with Gasteiger partial charge in [0, 0.05) is 22.7 Å². The maximum absolute atomic E-state index is 15.4. The standard InChI is InChI=1S/C21H18F5N7O/c1-8(3-27)15-18(23)17(21(24,25)26)16(10-4-29-32-19(10)15)12-6-33-7-13(30-14(33)5-28-12)31-20(34)9-2-11(9)22/h4-9,11H,2-3,27H2,1H3,(H,29,32)(H,31,34)/t8?,9-,11+/m1/s1.